The van der Waals surface area contributed by atoms with E-state index in [0.29, 0.717) is 22.5 Å². The molecule has 3 atom stereocenters. The number of thiazole rings is 1. The van der Waals surface area contributed by atoms with Gasteiger partial charge in [-0.1, -0.05) is 89.7 Å². The molecule has 55 heavy (non-hydrogen) atoms. The third-order valence-electron chi connectivity index (χ3n) is 11.6. The maximum atomic E-state index is 15.1. The van der Waals surface area contributed by atoms with Gasteiger partial charge in [0.05, 0.1) is 56.3 Å². The Morgan fingerprint density at radius 1 is 0.927 bits per heavy atom. The molecule has 12 heteroatoms. The first kappa shape index (κ1) is 34.5. The number of nitro groups is 1. The van der Waals surface area contributed by atoms with Crippen LogP contribution < -0.4 is 19.8 Å². The maximum absolute atomic E-state index is 15.1. The Kier molecular flexibility index (Phi) is 7.77. The number of aromatic nitrogens is 1. The molecule has 1 aromatic heterocycles. The molecule has 2 bridgehead atoms. The van der Waals surface area contributed by atoms with Crippen LogP contribution >= 0.6 is 11.3 Å². The molecule has 274 valence electrons. The lowest BCUT2D eigenvalue weighted by Gasteiger charge is -2.53. The number of esters is 1. The van der Waals surface area contributed by atoms with Crippen molar-refractivity contribution in [3.05, 3.63) is 171 Å². The van der Waals surface area contributed by atoms with Crippen molar-refractivity contribution >= 4 is 46.6 Å². The van der Waals surface area contributed by atoms with Crippen molar-refractivity contribution < 1.29 is 24.0 Å². The first-order valence-corrected chi connectivity index (χ1v) is 18.9. The van der Waals surface area contributed by atoms with Crippen molar-refractivity contribution in [2.75, 3.05) is 11.5 Å². The van der Waals surface area contributed by atoms with Crippen LogP contribution in [0.2, 0.25) is 0 Å². The van der Waals surface area contributed by atoms with Gasteiger partial charge in [-0.25, -0.2) is 14.7 Å². The minimum atomic E-state index is -1.24. The van der Waals surface area contributed by atoms with E-state index in [-0.39, 0.29) is 44.9 Å². The molecule has 2 amide bonds. The number of anilines is 1. The average Bonchev–Trinajstić information content (AvgIpc) is 3.62. The van der Waals surface area contributed by atoms with Gasteiger partial charge in [-0.15, -0.1) is 0 Å². The zero-order valence-corrected chi connectivity index (χ0v) is 31.1. The normalized spacial score (nSPS) is 23.6. The van der Waals surface area contributed by atoms with Gasteiger partial charge in [-0.05, 0) is 73.7 Å². The van der Waals surface area contributed by atoms with E-state index in [9.17, 15) is 24.5 Å². The average molecular weight is 751 g/mol. The second kappa shape index (κ2) is 12.4. The van der Waals surface area contributed by atoms with Crippen LogP contribution in [0, 0.1) is 35.8 Å². The summed E-state index contributed by atoms with van der Waals surface area (Å²) in [7, 11) is 0. The molecule has 10 rings (SSSR count). The summed E-state index contributed by atoms with van der Waals surface area (Å²) in [6.07, 6.45) is 1.84. The second-order valence-electron chi connectivity index (χ2n) is 14.5. The summed E-state index contributed by atoms with van der Waals surface area (Å²) in [5.74, 6) is -3.32. The summed E-state index contributed by atoms with van der Waals surface area (Å²) in [5, 5.41) is 12.1. The number of benzene rings is 4. The molecule has 5 aliphatic rings. The number of hydrogen-bond donors (Lipinski definition) is 0. The van der Waals surface area contributed by atoms with Gasteiger partial charge in [-0.3, -0.25) is 29.1 Å². The van der Waals surface area contributed by atoms with E-state index in [1.165, 1.54) is 15.5 Å². The van der Waals surface area contributed by atoms with Crippen molar-refractivity contribution in [3.8, 4) is 0 Å². The summed E-state index contributed by atoms with van der Waals surface area (Å²) in [5.41, 5.74) is 4.30. The van der Waals surface area contributed by atoms with Gasteiger partial charge >= 0.3 is 5.97 Å². The van der Waals surface area contributed by atoms with Crippen LogP contribution in [0.1, 0.15) is 64.8 Å². The summed E-state index contributed by atoms with van der Waals surface area (Å²) < 4.78 is 7.09. The Morgan fingerprint density at radius 3 is 2.22 bits per heavy atom. The molecule has 0 unspecified atom stereocenters. The first-order valence-electron chi connectivity index (χ1n) is 18.1. The minimum absolute atomic E-state index is 0.0675. The summed E-state index contributed by atoms with van der Waals surface area (Å²) in [4.78, 5) is 76.2. The van der Waals surface area contributed by atoms with Crippen molar-refractivity contribution in [2.45, 2.75) is 45.1 Å². The molecule has 11 nitrogen and oxygen atoms in total. The Labute approximate surface area is 318 Å². The number of rotatable bonds is 6. The molecule has 3 heterocycles. The van der Waals surface area contributed by atoms with E-state index in [4.69, 9.17) is 9.73 Å². The quantitative estimate of drug-likeness (QED) is 0.0963. The van der Waals surface area contributed by atoms with E-state index < -0.39 is 39.7 Å². The van der Waals surface area contributed by atoms with Gasteiger partial charge in [-0.2, -0.15) is 0 Å². The smallest absolute Gasteiger partial charge is 0.338 e. The van der Waals surface area contributed by atoms with Crippen molar-refractivity contribution in [3.63, 3.8) is 0 Å². The molecule has 0 N–H and O–H groups in total. The van der Waals surface area contributed by atoms with Gasteiger partial charge in [0.15, 0.2) is 4.80 Å². The zero-order chi connectivity index (χ0) is 38.5. The Bertz CT molecular complexity index is 2720. The molecule has 1 saturated heterocycles. The number of aryl methyl sites for hydroxylation is 2. The van der Waals surface area contributed by atoms with Crippen LogP contribution in [0.4, 0.5) is 11.4 Å². The van der Waals surface area contributed by atoms with Crippen LogP contribution in [-0.4, -0.2) is 33.9 Å². The monoisotopic (exact) mass is 750 g/mol. The topological polar surface area (TPSA) is 141 Å². The van der Waals surface area contributed by atoms with Crippen LogP contribution in [-0.2, 0) is 24.5 Å². The van der Waals surface area contributed by atoms with E-state index in [1.807, 2.05) is 73.7 Å². The Morgan fingerprint density at radius 2 is 1.58 bits per heavy atom. The van der Waals surface area contributed by atoms with Crippen LogP contribution in [0.5, 0.6) is 0 Å². The van der Waals surface area contributed by atoms with Crippen molar-refractivity contribution in [2.24, 2.45) is 16.8 Å². The predicted octanol–water partition coefficient (Wildman–Crippen LogP) is 5.53. The largest absolute Gasteiger partial charge is 0.463 e. The van der Waals surface area contributed by atoms with Crippen LogP contribution in [0.3, 0.4) is 0 Å². The fourth-order valence-electron chi connectivity index (χ4n) is 9.33. The van der Waals surface area contributed by atoms with E-state index in [0.717, 1.165) is 39.2 Å². The second-order valence-corrected chi connectivity index (χ2v) is 15.5. The van der Waals surface area contributed by atoms with Crippen molar-refractivity contribution in [1.82, 2.24) is 4.57 Å². The number of carbonyl (C=O) groups excluding carboxylic acids is 3. The third kappa shape index (κ3) is 4.77. The number of carbonyl (C=O) groups is 3. The lowest BCUT2D eigenvalue weighted by Crippen LogP contribution is -2.53. The number of ether oxygens (including phenoxy) is 1. The molecule has 2 aliphatic heterocycles. The lowest BCUT2D eigenvalue weighted by atomic mass is 9.47. The fourth-order valence-corrected chi connectivity index (χ4v) is 10.4. The maximum Gasteiger partial charge on any atom is 0.338 e. The minimum Gasteiger partial charge on any atom is -0.463 e. The third-order valence-corrected chi connectivity index (χ3v) is 12.6. The van der Waals surface area contributed by atoms with Crippen molar-refractivity contribution in [1.29, 1.82) is 0 Å². The van der Waals surface area contributed by atoms with E-state index >= 15 is 4.79 Å². The molecule has 0 saturated carbocycles. The zero-order valence-electron chi connectivity index (χ0n) is 30.3. The highest BCUT2D eigenvalue weighted by Gasteiger charge is 2.67. The molecular formula is C43H34N4O7S. The summed E-state index contributed by atoms with van der Waals surface area (Å²) >= 11 is 1.11. The number of nitrogens with zero attached hydrogens (tertiary/aromatic N) is 4. The number of fused-ring (bicyclic) bond motifs is 1. The summed E-state index contributed by atoms with van der Waals surface area (Å²) in [6.45, 7) is 6.96. The van der Waals surface area contributed by atoms with Crippen LogP contribution in [0.15, 0.2) is 112 Å². The molecule has 0 spiro atoms. The SMILES string of the molecule is CCOC(=O)C1=C(C)N=c2s/c(=C/C34c5ccccc5C(c5ccccc53)[C@@H]3C(=O)N(c5ccc(C)cc5)C(=O)[C@H]34)c(=O)n2[C@H]1c1ccc(C)c([N+](=O)[O-])c1. The van der Waals surface area contributed by atoms with E-state index in [1.54, 1.807) is 45.0 Å². The highest BCUT2D eigenvalue weighted by atomic mass is 32.1. The number of amides is 2. The highest BCUT2D eigenvalue weighted by molar-refractivity contribution is 7.07. The van der Waals surface area contributed by atoms with Crippen LogP contribution in [0.25, 0.3) is 6.08 Å². The number of nitro benzene ring substituents is 1. The molecule has 5 aromatic rings. The fraction of sp³-hybridized carbons (Fsp3) is 0.233. The molecule has 4 aromatic carbocycles. The molecule has 0 radical (unpaired) electrons. The summed E-state index contributed by atoms with van der Waals surface area (Å²) in [6, 6.07) is 26.5. The predicted molar refractivity (Wildman–Crippen MR) is 205 cm³/mol. The Balaban J connectivity index is 1.33. The molecule has 1 fully saturated rings. The first-order chi connectivity index (χ1) is 26.5. The van der Waals surface area contributed by atoms with Gasteiger partial charge in [0.25, 0.3) is 11.2 Å². The number of imide groups is 1. The Hall–Kier alpha value is -6.27. The number of allylic oxidation sites excluding steroid dienone is 1. The van der Waals surface area contributed by atoms with Gasteiger partial charge in [0.2, 0.25) is 11.8 Å². The standard InChI is InChI=1S/C43H34N4O7S/c1-5-54-41(51)33-24(4)44-42-46(37(33)25-17-16-23(3)31(20-25)47(52)53)38(48)32(55-42)21-43-29-12-8-6-10-27(29)34(28-11-7-9-13-30(28)43)35-36(43)40(50)45(39(35)49)26-18-14-22(2)15-19-26/h6-21,34-37H,5H2,1-4H3/b32-21+/t34?,35-,36-,37-,43?/m0/s1. The lowest BCUT2D eigenvalue weighted by molar-refractivity contribution is -0.385. The molecule has 3 aliphatic carbocycles. The van der Waals surface area contributed by atoms with Gasteiger partial charge < -0.3 is 4.74 Å². The van der Waals surface area contributed by atoms with Gasteiger partial charge in [0, 0.05) is 17.5 Å². The van der Waals surface area contributed by atoms with Gasteiger partial charge in [0.1, 0.15) is 0 Å². The van der Waals surface area contributed by atoms with E-state index in [2.05, 4.69) is 0 Å². The molecular weight excluding hydrogens is 717 g/mol. The number of hydrogen-bond acceptors (Lipinski definition) is 9. The highest BCUT2D eigenvalue weighted by Crippen LogP contribution is 2.65.